The van der Waals surface area contributed by atoms with Crippen LogP contribution in [0.4, 0.5) is 0 Å². The van der Waals surface area contributed by atoms with E-state index in [1.54, 1.807) is 23.0 Å². The number of nitriles is 1. The van der Waals surface area contributed by atoms with E-state index < -0.39 is 5.97 Å². The molecule has 1 aliphatic carbocycles. The molecular weight excluding hydrogens is 523 g/mol. The Bertz CT molecular complexity index is 1450. The number of halogens is 2. The molecule has 2 aliphatic rings. The maximum absolute atomic E-state index is 11.1. The van der Waals surface area contributed by atoms with Crippen LogP contribution in [0, 0.1) is 17.2 Å². The highest BCUT2D eigenvalue weighted by Gasteiger charge is 2.35. The molecule has 2 aromatic heterocycles. The summed E-state index contributed by atoms with van der Waals surface area (Å²) in [6.45, 7) is 5.24. The van der Waals surface area contributed by atoms with Gasteiger partial charge in [0, 0.05) is 28.5 Å². The molecule has 1 aromatic carbocycles. The van der Waals surface area contributed by atoms with Crippen LogP contribution in [0.2, 0.25) is 10.0 Å². The molecule has 1 aliphatic heterocycles. The number of carboxylic acids is 1. The minimum absolute atomic E-state index is 0.219. The predicted molar refractivity (Wildman–Crippen MR) is 147 cm³/mol. The number of nitrogens with zero attached hydrogens (tertiary/aromatic N) is 6. The maximum atomic E-state index is 11.1. The lowest BCUT2D eigenvalue weighted by Gasteiger charge is -2.39. The Kier molecular flexibility index (Phi) is 7.71. The van der Waals surface area contributed by atoms with Gasteiger partial charge < -0.3 is 5.11 Å². The van der Waals surface area contributed by atoms with E-state index in [1.807, 2.05) is 13.0 Å². The topological polar surface area (TPSA) is 108 Å². The molecule has 1 saturated heterocycles. The number of likely N-dealkylation sites (tertiary alicyclic amines) is 1. The number of benzene rings is 1. The summed E-state index contributed by atoms with van der Waals surface area (Å²) in [5.41, 5.74) is 3.98. The molecule has 0 bridgehead atoms. The first-order valence-electron chi connectivity index (χ1n) is 13.0. The molecule has 0 saturated carbocycles. The van der Waals surface area contributed by atoms with Crippen LogP contribution in [0.3, 0.4) is 0 Å². The first-order chi connectivity index (χ1) is 18.3. The van der Waals surface area contributed by atoms with Crippen LogP contribution in [-0.2, 0) is 4.79 Å². The molecule has 5 rings (SSSR count). The molecule has 0 amide bonds. The van der Waals surface area contributed by atoms with Crippen LogP contribution in [0.1, 0.15) is 75.4 Å². The largest absolute Gasteiger partial charge is 0.481 e. The van der Waals surface area contributed by atoms with E-state index in [4.69, 9.17) is 33.3 Å². The van der Waals surface area contributed by atoms with Gasteiger partial charge in [0.2, 0.25) is 0 Å². The summed E-state index contributed by atoms with van der Waals surface area (Å²) >= 11 is 12.6. The number of hydrogen-bond acceptors (Lipinski definition) is 6. The zero-order valence-corrected chi connectivity index (χ0v) is 23.0. The van der Waals surface area contributed by atoms with Gasteiger partial charge in [0.1, 0.15) is 11.6 Å². The van der Waals surface area contributed by atoms with Gasteiger partial charge in [-0.2, -0.15) is 10.4 Å². The van der Waals surface area contributed by atoms with Gasteiger partial charge in [0.15, 0.2) is 11.3 Å². The monoisotopic (exact) mass is 552 g/mol. The van der Waals surface area contributed by atoms with Crippen molar-refractivity contribution < 1.29 is 9.90 Å². The second-order valence-electron chi connectivity index (χ2n) is 10.4. The third kappa shape index (κ3) is 5.15. The Morgan fingerprint density at radius 2 is 2.16 bits per heavy atom. The van der Waals surface area contributed by atoms with E-state index >= 15 is 0 Å². The fourth-order valence-corrected chi connectivity index (χ4v) is 6.57. The van der Waals surface area contributed by atoms with Crippen LogP contribution < -0.4 is 0 Å². The number of carboxylic acid groups (broad SMARTS) is 1. The molecule has 0 radical (unpaired) electrons. The SMILES string of the molecule is CC1CC(c2cnc3c(C#N)nn([C@H](C)c4ccc(Cl)cc4Cl)c3n2)=CCC1N1CCC[C@H]1CCC(=O)O. The average Bonchev–Trinajstić information content (AvgIpc) is 3.51. The van der Waals surface area contributed by atoms with Gasteiger partial charge >= 0.3 is 5.97 Å². The molecule has 8 nitrogen and oxygen atoms in total. The van der Waals surface area contributed by atoms with Crippen molar-refractivity contribution in [2.45, 2.75) is 70.5 Å². The van der Waals surface area contributed by atoms with Gasteiger partial charge in [0.25, 0.3) is 0 Å². The highest BCUT2D eigenvalue weighted by molar-refractivity contribution is 6.35. The summed E-state index contributed by atoms with van der Waals surface area (Å²) in [7, 11) is 0. The van der Waals surface area contributed by atoms with Crippen molar-refractivity contribution in [1.29, 1.82) is 5.26 Å². The lowest BCUT2D eigenvalue weighted by molar-refractivity contribution is -0.137. The van der Waals surface area contributed by atoms with Crippen LogP contribution in [-0.4, -0.2) is 54.4 Å². The highest BCUT2D eigenvalue weighted by Crippen LogP contribution is 2.37. The zero-order chi connectivity index (χ0) is 27.0. The smallest absolute Gasteiger partial charge is 0.303 e. The normalized spacial score (nSPS) is 22.8. The van der Waals surface area contributed by atoms with Crippen molar-refractivity contribution in [3.05, 3.63) is 57.5 Å². The van der Waals surface area contributed by atoms with Crippen molar-refractivity contribution in [3.8, 4) is 6.07 Å². The first-order valence-corrected chi connectivity index (χ1v) is 13.8. The molecule has 1 fully saturated rings. The van der Waals surface area contributed by atoms with Crippen molar-refractivity contribution in [2.75, 3.05) is 6.54 Å². The predicted octanol–water partition coefficient (Wildman–Crippen LogP) is 6.13. The van der Waals surface area contributed by atoms with Gasteiger partial charge in [-0.05, 0) is 74.8 Å². The Morgan fingerprint density at radius 1 is 1.34 bits per heavy atom. The lowest BCUT2D eigenvalue weighted by Crippen LogP contribution is -2.44. The van der Waals surface area contributed by atoms with Crippen LogP contribution in [0.5, 0.6) is 0 Å². The summed E-state index contributed by atoms with van der Waals surface area (Å²) in [5, 5.41) is 24.4. The van der Waals surface area contributed by atoms with Gasteiger partial charge in [-0.15, -0.1) is 0 Å². The molecule has 198 valence electrons. The van der Waals surface area contributed by atoms with Crippen LogP contribution >= 0.6 is 23.2 Å². The third-order valence-corrected chi connectivity index (χ3v) is 8.52. The quantitative estimate of drug-likeness (QED) is 0.375. The van der Waals surface area contributed by atoms with E-state index in [0.717, 1.165) is 49.1 Å². The van der Waals surface area contributed by atoms with E-state index in [0.29, 0.717) is 45.6 Å². The number of rotatable bonds is 7. The number of aliphatic carboxylic acids is 1. The molecule has 10 heteroatoms. The van der Waals surface area contributed by atoms with Crippen molar-refractivity contribution in [1.82, 2.24) is 24.6 Å². The minimum Gasteiger partial charge on any atom is -0.481 e. The molecule has 2 unspecified atom stereocenters. The van der Waals surface area contributed by atoms with E-state index in [1.165, 1.54) is 0 Å². The second kappa shape index (κ2) is 11.0. The molecule has 1 N–H and O–H groups in total. The fourth-order valence-electron chi connectivity index (χ4n) is 6.01. The van der Waals surface area contributed by atoms with Gasteiger partial charge in [-0.25, -0.2) is 14.6 Å². The molecule has 4 atom stereocenters. The first kappa shape index (κ1) is 26.6. The van der Waals surface area contributed by atoms with Crippen LogP contribution in [0.15, 0.2) is 30.5 Å². The van der Waals surface area contributed by atoms with Crippen LogP contribution in [0.25, 0.3) is 16.7 Å². The molecular formula is C28H30Cl2N6O2. The van der Waals surface area contributed by atoms with Crippen molar-refractivity contribution >= 4 is 45.9 Å². The number of carbonyl (C=O) groups is 1. The Labute approximate surface area is 231 Å². The fraction of sp³-hybridized carbons (Fsp3) is 0.464. The highest BCUT2D eigenvalue weighted by atomic mass is 35.5. The van der Waals surface area contributed by atoms with Crippen molar-refractivity contribution in [3.63, 3.8) is 0 Å². The van der Waals surface area contributed by atoms with E-state index in [2.05, 4.69) is 34.1 Å². The number of hydrogen-bond donors (Lipinski definition) is 1. The van der Waals surface area contributed by atoms with E-state index in [9.17, 15) is 10.1 Å². The summed E-state index contributed by atoms with van der Waals surface area (Å²) in [6.07, 6.45) is 8.83. The van der Waals surface area contributed by atoms with Crippen molar-refractivity contribution in [2.24, 2.45) is 5.92 Å². The Balaban J connectivity index is 1.43. The zero-order valence-electron chi connectivity index (χ0n) is 21.4. The lowest BCUT2D eigenvalue weighted by atomic mass is 9.83. The van der Waals surface area contributed by atoms with E-state index in [-0.39, 0.29) is 18.2 Å². The molecule has 3 aromatic rings. The second-order valence-corrected chi connectivity index (χ2v) is 11.2. The van der Waals surface area contributed by atoms with Gasteiger partial charge in [0.05, 0.1) is 17.9 Å². The molecule has 0 spiro atoms. The molecule has 3 heterocycles. The summed E-state index contributed by atoms with van der Waals surface area (Å²) in [6, 6.07) is 7.92. The summed E-state index contributed by atoms with van der Waals surface area (Å²) in [5.74, 6) is -0.333. The number of aromatic nitrogens is 4. The molecule has 38 heavy (non-hydrogen) atoms. The standard InChI is InChI=1S/C28H30Cl2N6O2/c1-16-12-18(5-9-25(16)35-11-3-4-20(35)7-10-26(37)38)24-15-32-27-23(14-31)34-36(28(27)33-24)17(2)21-8-6-19(29)13-22(21)30/h5-6,8,13,15-17,20,25H,3-4,7,9-12H2,1-2H3,(H,37,38)/t16?,17-,20+,25?/m1/s1. The number of fused-ring (bicyclic) bond motifs is 1. The maximum Gasteiger partial charge on any atom is 0.303 e. The Morgan fingerprint density at radius 3 is 2.87 bits per heavy atom. The summed E-state index contributed by atoms with van der Waals surface area (Å²) in [4.78, 5) is 23.2. The van der Waals surface area contributed by atoms with Gasteiger partial charge in [-0.3, -0.25) is 9.69 Å². The number of allylic oxidation sites excluding steroid dienone is 1. The average molecular weight is 553 g/mol. The third-order valence-electron chi connectivity index (χ3n) is 7.96. The van der Waals surface area contributed by atoms with Gasteiger partial charge in [-0.1, -0.05) is 42.3 Å². The minimum atomic E-state index is -0.726. The Hall–Kier alpha value is -2.99. The summed E-state index contributed by atoms with van der Waals surface area (Å²) < 4.78 is 1.71.